The molecule has 0 aromatic heterocycles. The Morgan fingerprint density at radius 2 is 1.62 bits per heavy atom. The van der Waals surface area contributed by atoms with Gasteiger partial charge in [0.2, 0.25) is 0 Å². The molecule has 0 unspecified atom stereocenters. The van der Waals surface area contributed by atoms with Crippen molar-refractivity contribution in [2.75, 3.05) is 6.61 Å². The van der Waals surface area contributed by atoms with E-state index in [9.17, 15) is 17.6 Å². The van der Waals surface area contributed by atoms with Crippen LogP contribution < -0.4 is 4.74 Å². The lowest BCUT2D eigenvalue weighted by molar-refractivity contribution is -0.139. The Bertz CT molecular complexity index is 355. The minimum atomic E-state index is -4.32. The second-order valence-electron chi connectivity index (χ2n) is 2.91. The van der Waals surface area contributed by atoms with E-state index in [1.54, 1.807) is 0 Å². The van der Waals surface area contributed by atoms with Crippen LogP contribution in [0.25, 0.3) is 0 Å². The molecular formula is C9H6Cl2F4O. The van der Waals surface area contributed by atoms with E-state index in [2.05, 4.69) is 0 Å². The molecule has 0 N–H and O–H groups in total. The number of alkyl halides is 3. The number of halogens is 6. The standard InChI is InChI=1S/C9H6Cl2F4O/c10-6-3-5(12)4-7(11)8(6)16-2-1-9(13,14)15/h3-4H,1-2H2. The SMILES string of the molecule is Fc1cc(Cl)c(OCCC(F)(F)F)c(Cl)c1. The van der Waals surface area contributed by atoms with E-state index >= 15 is 0 Å². The third-order valence-electron chi connectivity index (χ3n) is 1.59. The second-order valence-corrected chi connectivity index (χ2v) is 3.73. The maximum absolute atomic E-state index is 12.7. The first-order valence-electron chi connectivity index (χ1n) is 4.13. The smallest absolute Gasteiger partial charge is 0.392 e. The van der Waals surface area contributed by atoms with Crippen LogP contribution in [0.2, 0.25) is 10.0 Å². The molecule has 1 aromatic rings. The van der Waals surface area contributed by atoms with Crippen molar-refractivity contribution in [1.82, 2.24) is 0 Å². The molecule has 0 radical (unpaired) electrons. The predicted octanol–water partition coefficient (Wildman–Crippen LogP) is 4.46. The van der Waals surface area contributed by atoms with Crippen LogP contribution in [0, 0.1) is 5.82 Å². The lowest BCUT2D eigenvalue weighted by Crippen LogP contribution is -2.13. The van der Waals surface area contributed by atoms with Crippen LogP contribution in [0.15, 0.2) is 12.1 Å². The minimum Gasteiger partial charge on any atom is -0.490 e. The molecule has 0 atom stereocenters. The monoisotopic (exact) mass is 276 g/mol. The van der Waals surface area contributed by atoms with Gasteiger partial charge in [0.25, 0.3) is 0 Å². The van der Waals surface area contributed by atoms with Crippen LogP contribution in [-0.2, 0) is 0 Å². The summed E-state index contributed by atoms with van der Waals surface area (Å²) in [5.41, 5.74) is 0. The summed E-state index contributed by atoms with van der Waals surface area (Å²) in [6.45, 7) is -0.616. The van der Waals surface area contributed by atoms with Crippen LogP contribution in [0.4, 0.5) is 17.6 Å². The lowest BCUT2D eigenvalue weighted by Gasteiger charge is -2.11. The van der Waals surface area contributed by atoms with Gasteiger partial charge in [-0.25, -0.2) is 4.39 Å². The van der Waals surface area contributed by atoms with Crippen molar-refractivity contribution in [3.63, 3.8) is 0 Å². The number of hydrogen-bond acceptors (Lipinski definition) is 1. The summed E-state index contributed by atoms with van der Waals surface area (Å²) in [5, 5.41) is -0.320. The third kappa shape index (κ3) is 4.06. The van der Waals surface area contributed by atoms with Crippen molar-refractivity contribution >= 4 is 23.2 Å². The van der Waals surface area contributed by atoms with E-state index < -0.39 is 25.0 Å². The van der Waals surface area contributed by atoms with Gasteiger partial charge in [-0.2, -0.15) is 13.2 Å². The molecule has 0 aliphatic rings. The highest BCUT2D eigenvalue weighted by Crippen LogP contribution is 2.34. The predicted molar refractivity (Wildman–Crippen MR) is 52.6 cm³/mol. The largest absolute Gasteiger partial charge is 0.490 e. The fraction of sp³-hybridized carbons (Fsp3) is 0.333. The molecular weight excluding hydrogens is 271 g/mol. The van der Waals surface area contributed by atoms with Crippen LogP contribution in [0.3, 0.4) is 0 Å². The fourth-order valence-electron chi connectivity index (χ4n) is 0.936. The maximum Gasteiger partial charge on any atom is 0.392 e. The van der Waals surface area contributed by atoms with Gasteiger partial charge in [0.15, 0.2) is 5.75 Å². The summed E-state index contributed by atoms with van der Waals surface area (Å²) < 4.78 is 52.9. The zero-order chi connectivity index (χ0) is 12.3. The Kier molecular flexibility index (Phi) is 4.27. The zero-order valence-corrected chi connectivity index (χ0v) is 9.26. The first-order chi connectivity index (χ1) is 7.29. The van der Waals surface area contributed by atoms with Crippen molar-refractivity contribution in [2.24, 2.45) is 0 Å². The summed E-state index contributed by atoms with van der Waals surface area (Å²) in [4.78, 5) is 0. The van der Waals surface area contributed by atoms with E-state index in [0.29, 0.717) is 0 Å². The molecule has 0 saturated heterocycles. The fourth-order valence-corrected chi connectivity index (χ4v) is 1.51. The molecule has 0 fully saturated rings. The van der Waals surface area contributed by atoms with Gasteiger partial charge in [-0.05, 0) is 12.1 Å². The Morgan fingerprint density at radius 1 is 1.12 bits per heavy atom. The van der Waals surface area contributed by atoms with E-state index in [0.717, 1.165) is 12.1 Å². The Hall–Kier alpha value is -0.680. The van der Waals surface area contributed by atoms with E-state index in [-0.39, 0.29) is 15.8 Å². The van der Waals surface area contributed by atoms with Crippen molar-refractivity contribution in [3.05, 3.63) is 28.0 Å². The normalized spacial score (nSPS) is 11.6. The topological polar surface area (TPSA) is 9.23 Å². The van der Waals surface area contributed by atoms with E-state index in [1.165, 1.54) is 0 Å². The third-order valence-corrected chi connectivity index (χ3v) is 2.16. The average molecular weight is 277 g/mol. The van der Waals surface area contributed by atoms with Crippen molar-refractivity contribution in [2.45, 2.75) is 12.6 Å². The van der Waals surface area contributed by atoms with Gasteiger partial charge >= 0.3 is 6.18 Å². The van der Waals surface area contributed by atoms with Gasteiger partial charge in [-0.1, -0.05) is 23.2 Å². The Labute approximate surface area is 98.9 Å². The number of rotatable bonds is 3. The first kappa shape index (κ1) is 13.4. The van der Waals surface area contributed by atoms with Gasteiger partial charge < -0.3 is 4.74 Å². The summed E-state index contributed by atoms with van der Waals surface area (Å²) in [6.07, 6.45) is -5.45. The number of hydrogen-bond donors (Lipinski definition) is 0. The van der Waals surface area contributed by atoms with Crippen molar-refractivity contribution in [1.29, 1.82) is 0 Å². The summed E-state index contributed by atoms with van der Waals surface area (Å²) in [6, 6.07) is 1.83. The molecule has 0 bridgehead atoms. The lowest BCUT2D eigenvalue weighted by atomic mass is 10.3. The highest BCUT2D eigenvalue weighted by molar-refractivity contribution is 6.37. The maximum atomic E-state index is 12.7. The van der Waals surface area contributed by atoms with Gasteiger partial charge in [0.05, 0.1) is 23.1 Å². The number of ether oxygens (including phenoxy) is 1. The molecule has 0 aliphatic heterocycles. The molecule has 0 saturated carbocycles. The highest BCUT2D eigenvalue weighted by Gasteiger charge is 2.27. The average Bonchev–Trinajstić information content (AvgIpc) is 2.07. The number of benzene rings is 1. The molecule has 0 aliphatic carbocycles. The Balaban J connectivity index is 2.68. The van der Waals surface area contributed by atoms with E-state index in [1.807, 2.05) is 0 Å². The van der Waals surface area contributed by atoms with Crippen LogP contribution >= 0.6 is 23.2 Å². The molecule has 90 valence electrons. The first-order valence-corrected chi connectivity index (χ1v) is 4.89. The molecule has 0 spiro atoms. The van der Waals surface area contributed by atoms with Crippen LogP contribution in [0.5, 0.6) is 5.75 Å². The van der Waals surface area contributed by atoms with Gasteiger partial charge in [-0.3, -0.25) is 0 Å². The summed E-state index contributed by atoms with van der Waals surface area (Å²) in [7, 11) is 0. The molecule has 0 amide bonds. The highest BCUT2D eigenvalue weighted by atomic mass is 35.5. The summed E-state index contributed by atoms with van der Waals surface area (Å²) >= 11 is 11.1. The van der Waals surface area contributed by atoms with Crippen molar-refractivity contribution in [3.8, 4) is 5.75 Å². The van der Waals surface area contributed by atoms with Crippen LogP contribution in [0.1, 0.15) is 6.42 Å². The molecule has 1 rings (SSSR count). The zero-order valence-electron chi connectivity index (χ0n) is 7.74. The molecule has 0 heterocycles. The second kappa shape index (κ2) is 5.10. The minimum absolute atomic E-state index is 0.144. The molecule has 7 heteroatoms. The van der Waals surface area contributed by atoms with E-state index in [4.69, 9.17) is 27.9 Å². The molecule has 1 aromatic carbocycles. The quantitative estimate of drug-likeness (QED) is 0.741. The van der Waals surface area contributed by atoms with Gasteiger partial charge in [0, 0.05) is 0 Å². The van der Waals surface area contributed by atoms with Gasteiger partial charge in [0.1, 0.15) is 5.82 Å². The van der Waals surface area contributed by atoms with Gasteiger partial charge in [-0.15, -0.1) is 0 Å². The Morgan fingerprint density at radius 3 is 2.06 bits per heavy atom. The van der Waals surface area contributed by atoms with Crippen molar-refractivity contribution < 1.29 is 22.3 Å². The molecule has 1 nitrogen and oxygen atoms in total. The van der Waals surface area contributed by atoms with Crippen LogP contribution in [-0.4, -0.2) is 12.8 Å². The molecule has 16 heavy (non-hydrogen) atoms. The summed E-state index contributed by atoms with van der Waals surface area (Å²) in [5.74, 6) is -0.827.